The summed E-state index contributed by atoms with van der Waals surface area (Å²) in [6.45, 7) is 6.32. The fraction of sp³-hybridized carbons (Fsp3) is 0.661. The minimum absolute atomic E-state index is 0.105. The Balaban J connectivity index is 4.50. The maximum Gasteiger partial charge on any atom is 0.306 e. The smallest absolute Gasteiger partial charge is 0.306 e. The fourth-order valence-corrected chi connectivity index (χ4v) is 6.57. The third-order valence-electron chi connectivity index (χ3n) is 10.3. The van der Waals surface area contributed by atoms with Crippen molar-refractivity contribution in [3.63, 3.8) is 0 Å². The Kier molecular flexibility index (Phi) is 47.0. The molecule has 0 aromatic rings. The molecule has 0 aliphatic heterocycles. The lowest BCUT2D eigenvalue weighted by atomic mass is 10.1. The minimum atomic E-state index is -0.808. The molecule has 6 heteroatoms. The van der Waals surface area contributed by atoms with Gasteiger partial charge < -0.3 is 14.2 Å². The van der Waals surface area contributed by atoms with E-state index in [-0.39, 0.29) is 37.5 Å². The van der Waals surface area contributed by atoms with E-state index >= 15 is 0 Å². The first-order chi connectivity index (χ1) is 30.5. The second kappa shape index (κ2) is 50.0. The molecule has 0 rings (SSSR count). The zero-order chi connectivity index (χ0) is 45.1. The van der Waals surface area contributed by atoms with Crippen LogP contribution < -0.4 is 0 Å². The van der Waals surface area contributed by atoms with Crippen LogP contribution in [0.3, 0.4) is 0 Å². The summed E-state index contributed by atoms with van der Waals surface area (Å²) in [6.07, 6.45) is 65.4. The zero-order valence-corrected chi connectivity index (χ0v) is 40.1. The summed E-state index contributed by atoms with van der Waals surface area (Å²) in [7, 11) is 0. The van der Waals surface area contributed by atoms with Gasteiger partial charge in [-0.05, 0) is 109 Å². The monoisotopic (exact) mass is 861 g/mol. The molecule has 0 aromatic heterocycles. The van der Waals surface area contributed by atoms with Crippen LogP contribution in [-0.4, -0.2) is 37.2 Å². The van der Waals surface area contributed by atoms with Crippen LogP contribution in [0.5, 0.6) is 0 Å². The summed E-state index contributed by atoms with van der Waals surface area (Å²) in [5, 5.41) is 0. The van der Waals surface area contributed by atoms with Gasteiger partial charge in [-0.3, -0.25) is 14.4 Å². The number of hydrogen-bond acceptors (Lipinski definition) is 6. The maximum absolute atomic E-state index is 12.8. The first-order valence-corrected chi connectivity index (χ1v) is 25.2. The van der Waals surface area contributed by atoms with Gasteiger partial charge in [0.05, 0.1) is 0 Å². The van der Waals surface area contributed by atoms with Gasteiger partial charge in [-0.15, -0.1) is 0 Å². The van der Waals surface area contributed by atoms with Crippen LogP contribution in [0.2, 0.25) is 0 Å². The van der Waals surface area contributed by atoms with E-state index in [0.29, 0.717) is 19.3 Å². The van der Waals surface area contributed by atoms with Gasteiger partial charge in [-0.1, -0.05) is 189 Å². The highest BCUT2D eigenvalue weighted by Gasteiger charge is 2.19. The fourth-order valence-electron chi connectivity index (χ4n) is 6.57. The number of ether oxygens (including phenoxy) is 3. The van der Waals surface area contributed by atoms with E-state index in [1.807, 2.05) is 0 Å². The van der Waals surface area contributed by atoms with Crippen molar-refractivity contribution in [2.24, 2.45) is 0 Å². The van der Waals surface area contributed by atoms with Crippen LogP contribution in [0.1, 0.15) is 220 Å². The van der Waals surface area contributed by atoms with E-state index in [0.717, 1.165) is 109 Å². The van der Waals surface area contributed by atoms with Gasteiger partial charge in [-0.2, -0.15) is 0 Å². The third kappa shape index (κ3) is 47.4. The van der Waals surface area contributed by atoms with Crippen molar-refractivity contribution in [1.82, 2.24) is 0 Å². The van der Waals surface area contributed by atoms with Crippen LogP contribution in [0.25, 0.3) is 0 Å². The summed E-state index contributed by atoms with van der Waals surface area (Å²) in [4.78, 5) is 37.9. The number of carbonyl (C=O) groups is 3. The predicted octanol–water partition coefficient (Wildman–Crippen LogP) is 16.6. The van der Waals surface area contributed by atoms with Crippen LogP contribution in [0, 0.1) is 0 Å². The highest BCUT2D eigenvalue weighted by molar-refractivity contribution is 5.71. The zero-order valence-electron chi connectivity index (χ0n) is 40.1. The molecule has 0 spiro atoms. The molecule has 1 unspecified atom stereocenters. The summed E-state index contributed by atoms with van der Waals surface area (Å²) in [5.41, 5.74) is 0. The summed E-state index contributed by atoms with van der Waals surface area (Å²) < 4.78 is 16.7. The lowest BCUT2D eigenvalue weighted by Crippen LogP contribution is -2.30. The molecule has 6 nitrogen and oxygen atoms in total. The molecule has 0 bridgehead atoms. The molecule has 352 valence electrons. The van der Waals surface area contributed by atoms with E-state index in [2.05, 4.69) is 118 Å². The largest absolute Gasteiger partial charge is 0.462 e. The third-order valence-corrected chi connectivity index (χ3v) is 10.3. The van der Waals surface area contributed by atoms with Crippen LogP contribution in [0.4, 0.5) is 0 Å². The molecule has 0 fully saturated rings. The van der Waals surface area contributed by atoms with Crippen molar-refractivity contribution in [1.29, 1.82) is 0 Å². The lowest BCUT2D eigenvalue weighted by molar-refractivity contribution is -0.167. The molecule has 0 aliphatic rings. The lowest BCUT2D eigenvalue weighted by Gasteiger charge is -2.18. The Morgan fingerprint density at radius 3 is 1.06 bits per heavy atom. The maximum atomic E-state index is 12.8. The second-order valence-electron chi connectivity index (χ2n) is 16.3. The Hall–Kier alpha value is -3.67. The first kappa shape index (κ1) is 58.3. The molecule has 0 radical (unpaired) electrons. The molecule has 0 saturated heterocycles. The van der Waals surface area contributed by atoms with E-state index in [1.54, 1.807) is 0 Å². The molecule has 0 aliphatic carbocycles. The topological polar surface area (TPSA) is 78.9 Å². The summed E-state index contributed by atoms with van der Waals surface area (Å²) >= 11 is 0. The Morgan fingerprint density at radius 1 is 0.339 bits per heavy atom. The van der Waals surface area contributed by atoms with Gasteiger partial charge in [0.25, 0.3) is 0 Å². The van der Waals surface area contributed by atoms with Gasteiger partial charge >= 0.3 is 17.9 Å². The van der Waals surface area contributed by atoms with Crippen molar-refractivity contribution in [2.75, 3.05) is 13.2 Å². The average molecular weight is 861 g/mol. The standard InChI is InChI=1S/C56H92O6/c1-4-7-10-13-16-19-22-25-27-28-30-31-34-37-40-43-46-49-55(58)61-52-53(51-60-54(57)48-45-42-39-36-33-24-21-18-15-12-9-6-3)62-56(59)50-47-44-41-38-35-32-29-26-23-20-17-14-11-8-5-2/h7,9-10,12,16,18-21,23,25,27,30-31,37,40,53H,4-6,8,11,13-15,17,22,24,26,28-29,32-36,38-39,41-52H2,1-3H3/b10-7-,12-9-,19-16-,21-18-,23-20-,27-25-,31-30-,40-37-. The van der Waals surface area contributed by atoms with Crippen LogP contribution >= 0.6 is 0 Å². The van der Waals surface area contributed by atoms with Crippen molar-refractivity contribution < 1.29 is 28.6 Å². The Labute approximate surface area is 381 Å². The van der Waals surface area contributed by atoms with Crippen LogP contribution in [0.15, 0.2) is 97.2 Å². The predicted molar refractivity (Wildman–Crippen MR) is 265 cm³/mol. The number of esters is 3. The number of unbranched alkanes of at least 4 members (excludes halogenated alkanes) is 17. The van der Waals surface area contributed by atoms with Crippen molar-refractivity contribution in [3.8, 4) is 0 Å². The molecular formula is C56H92O6. The number of hydrogen-bond donors (Lipinski definition) is 0. The van der Waals surface area contributed by atoms with E-state index in [4.69, 9.17) is 14.2 Å². The van der Waals surface area contributed by atoms with Gasteiger partial charge in [-0.25, -0.2) is 0 Å². The van der Waals surface area contributed by atoms with Crippen molar-refractivity contribution in [2.45, 2.75) is 226 Å². The Morgan fingerprint density at radius 2 is 0.645 bits per heavy atom. The average Bonchev–Trinajstić information content (AvgIpc) is 3.27. The molecule has 0 saturated carbocycles. The van der Waals surface area contributed by atoms with E-state index in [9.17, 15) is 14.4 Å². The summed E-state index contributed by atoms with van der Waals surface area (Å²) in [5.74, 6) is -0.989. The number of rotatable bonds is 44. The molecule has 0 aromatic carbocycles. The van der Waals surface area contributed by atoms with E-state index in [1.165, 1.54) is 64.2 Å². The molecule has 0 N–H and O–H groups in total. The van der Waals surface area contributed by atoms with Gasteiger partial charge in [0.15, 0.2) is 6.10 Å². The second-order valence-corrected chi connectivity index (χ2v) is 16.3. The van der Waals surface area contributed by atoms with Gasteiger partial charge in [0, 0.05) is 19.3 Å². The minimum Gasteiger partial charge on any atom is -0.462 e. The number of carbonyl (C=O) groups excluding carboxylic acids is 3. The molecular weight excluding hydrogens is 769 g/mol. The highest BCUT2D eigenvalue weighted by Crippen LogP contribution is 2.13. The molecule has 0 heterocycles. The van der Waals surface area contributed by atoms with Crippen molar-refractivity contribution >= 4 is 17.9 Å². The molecule has 0 amide bonds. The quantitative estimate of drug-likeness (QED) is 0.0263. The van der Waals surface area contributed by atoms with Crippen LogP contribution in [-0.2, 0) is 28.6 Å². The number of allylic oxidation sites excluding steroid dienone is 16. The normalized spacial score (nSPS) is 12.9. The first-order valence-electron chi connectivity index (χ1n) is 25.2. The molecule has 1 atom stereocenters. The van der Waals surface area contributed by atoms with Crippen molar-refractivity contribution in [3.05, 3.63) is 97.2 Å². The SMILES string of the molecule is CC/C=C\C/C=C\C/C=C\C/C=C\C/C=C\CCCC(=O)OCC(COC(=O)CCCCCCC/C=C\C/C=C\CC)OC(=O)CCCCCCCCC/C=C\CCCCCC. The summed E-state index contributed by atoms with van der Waals surface area (Å²) in [6, 6.07) is 0. The van der Waals surface area contributed by atoms with Gasteiger partial charge in [0.2, 0.25) is 0 Å². The molecule has 62 heavy (non-hydrogen) atoms. The Bertz CT molecular complexity index is 1260. The highest BCUT2D eigenvalue weighted by atomic mass is 16.6. The van der Waals surface area contributed by atoms with Gasteiger partial charge in [0.1, 0.15) is 13.2 Å². The van der Waals surface area contributed by atoms with E-state index < -0.39 is 6.10 Å².